The molecule has 30 heavy (non-hydrogen) atoms. The van der Waals surface area contributed by atoms with Crippen molar-refractivity contribution in [2.75, 3.05) is 18.5 Å². The van der Waals surface area contributed by atoms with E-state index in [9.17, 15) is 14.4 Å². The van der Waals surface area contributed by atoms with E-state index in [0.717, 1.165) is 5.56 Å². The molecule has 0 bridgehead atoms. The van der Waals surface area contributed by atoms with Gasteiger partial charge in [-0.15, -0.1) is 0 Å². The predicted molar refractivity (Wildman–Crippen MR) is 113 cm³/mol. The maximum absolute atomic E-state index is 11.9. The number of carbonyl (C=O) groups is 3. The molecule has 0 unspecified atom stereocenters. The second-order valence-electron chi connectivity index (χ2n) is 6.30. The molecule has 3 amide bonds. The van der Waals surface area contributed by atoms with Crippen LogP contribution >= 0.6 is 11.6 Å². The van der Waals surface area contributed by atoms with Gasteiger partial charge in [-0.1, -0.05) is 11.6 Å². The van der Waals surface area contributed by atoms with Gasteiger partial charge < -0.3 is 14.8 Å². The van der Waals surface area contributed by atoms with Crippen LogP contribution in [0.2, 0.25) is 5.02 Å². The number of carbonyl (C=O) groups excluding carboxylic acids is 3. The Bertz CT molecular complexity index is 887. The Balaban J connectivity index is 1.64. The molecule has 2 aromatic carbocycles. The van der Waals surface area contributed by atoms with Gasteiger partial charge in [-0.05, 0) is 61.9 Å². The summed E-state index contributed by atoms with van der Waals surface area (Å²) in [6, 6.07) is 11.9. The van der Waals surface area contributed by atoms with Gasteiger partial charge in [0.1, 0.15) is 11.5 Å². The molecule has 0 spiro atoms. The maximum Gasteiger partial charge on any atom is 0.276 e. The summed E-state index contributed by atoms with van der Waals surface area (Å²) in [5.74, 6) is -0.144. The highest BCUT2D eigenvalue weighted by Gasteiger charge is 2.09. The van der Waals surface area contributed by atoms with Gasteiger partial charge in [0.05, 0.1) is 6.61 Å². The van der Waals surface area contributed by atoms with E-state index in [2.05, 4.69) is 16.2 Å². The van der Waals surface area contributed by atoms with E-state index in [1.54, 1.807) is 42.5 Å². The molecular weight excluding hydrogens is 410 g/mol. The van der Waals surface area contributed by atoms with Gasteiger partial charge in [-0.2, -0.15) is 0 Å². The number of anilines is 1. The highest BCUT2D eigenvalue weighted by molar-refractivity contribution is 6.31. The molecular formula is C21H24ClN3O5. The van der Waals surface area contributed by atoms with E-state index in [1.807, 2.05) is 13.8 Å². The number of benzene rings is 2. The molecule has 0 aliphatic heterocycles. The number of rotatable bonds is 9. The van der Waals surface area contributed by atoms with Crippen LogP contribution in [0, 0.1) is 6.92 Å². The van der Waals surface area contributed by atoms with Crippen molar-refractivity contribution in [3.05, 3.63) is 53.1 Å². The summed E-state index contributed by atoms with van der Waals surface area (Å²) in [5, 5.41) is 3.29. The van der Waals surface area contributed by atoms with Crippen molar-refractivity contribution in [2.24, 2.45) is 0 Å². The summed E-state index contributed by atoms with van der Waals surface area (Å²) in [5.41, 5.74) is 5.91. The topological polar surface area (TPSA) is 106 Å². The minimum absolute atomic E-state index is 0.0323. The fourth-order valence-corrected chi connectivity index (χ4v) is 2.46. The molecule has 3 N–H and O–H groups in total. The van der Waals surface area contributed by atoms with Gasteiger partial charge in [0, 0.05) is 23.6 Å². The predicted octanol–water partition coefficient (Wildman–Crippen LogP) is 2.99. The zero-order valence-corrected chi connectivity index (χ0v) is 17.5. The second-order valence-corrected chi connectivity index (χ2v) is 6.71. The molecule has 0 heterocycles. The van der Waals surface area contributed by atoms with Crippen LogP contribution in [0.25, 0.3) is 0 Å². The van der Waals surface area contributed by atoms with Crippen LogP contribution in [0.1, 0.15) is 25.3 Å². The molecule has 0 atom stereocenters. The van der Waals surface area contributed by atoms with Crippen LogP contribution in [0.5, 0.6) is 11.5 Å². The highest BCUT2D eigenvalue weighted by Crippen LogP contribution is 2.20. The summed E-state index contributed by atoms with van der Waals surface area (Å²) in [4.78, 5) is 35.5. The van der Waals surface area contributed by atoms with E-state index < -0.39 is 11.8 Å². The smallest absolute Gasteiger partial charge is 0.276 e. The average molecular weight is 434 g/mol. The van der Waals surface area contributed by atoms with Crippen LogP contribution in [0.3, 0.4) is 0 Å². The number of hydrogen-bond acceptors (Lipinski definition) is 5. The largest absolute Gasteiger partial charge is 0.494 e. The fraction of sp³-hybridized carbons (Fsp3) is 0.286. The number of amides is 3. The minimum Gasteiger partial charge on any atom is -0.494 e. The number of hydrazine groups is 1. The molecule has 0 saturated carbocycles. The molecule has 0 fully saturated rings. The molecule has 8 nitrogen and oxygen atoms in total. The normalized spacial score (nSPS) is 10.1. The lowest BCUT2D eigenvalue weighted by atomic mass is 10.2. The Morgan fingerprint density at radius 2 is 1.50 bits per heavy atom. The minimum atomic E-state index is -0.533. The Labute approximate surface area is 179 Å². The second kappa shape index (κ2) is 11.7. The van der Waals surface area contributed by atoms with E-state index in [-0.39, 0.29) is 25.4 Å². The molecule has 2 rings (SSSR count). The third-order valence-electron chi connectivity index (χ3n) is 3.87. The standard InChI is InChI=1S/C21H24ClN3O5/c1-3-29-16-6-4-15(5-7-16)23-19(26)10-11-20(27)24-25-21(28)13-30-17-8-9-18(22)14(2)12-17/h4-9,12H,3,10-11,13H2,1-2H3,(H,23,26)(H,24,27)(H,25,28). The third-order valence-corrected chi connectivity index (χ3v) is 4.29. The fourth-order valence-electron chi connectivity index (χ4n) is 2.35. The SMILES string of the molecule is CCOc1ccc(NC(=O)CCC(=O)NNC(=O)COc2ccc(Cl)c(C)c2)cc1. The molecule has 0 radical (unpaired) electrons. The Hall–Kier alpha value is -3.26. The van der Waals surface area contributed by atoms with Gasteiger partial charge in [0.2, 0.25) is 11.8 Å². The Morgan fingerprint density at radius 3 is 2.17 bits per heavy atom. The third kappa shape index (κ3) is 8.00. The Kier molecular flexibility index (Phi) is 8.96. The summed E-state index contributed by atoms with van der Waals surface area (Å²) in [7, 11) is 0. The summed E-state index contributed by atoms with van der Waals surface area (Å²) >= 11 is 5.93. The lowest BCUT2D eigenvalue weighted by Crippen LogP contribution is -2.44. The van der Waals surface area contributed by atoms with Crippen molar-refractivity contribution in [3.8, 4) is 11.5 Å². The van der Waals surface area contributed by atoms with Gasteiger partial charge in [0.25, 0.3) is 5.91 Å². The summed E-state index contributed by atoms with van der Waals surface area (Å²) < 4.78 is 10.7. The maximum atomic E-state index is 11.9. The van der Waals surface area contributed by atoms with Gasteiger partial charge >= 0.3 is 0 Å². The molecule has 0 saturated heterocycles. The van der Waals surface area contributed by atoms with E-state index in [4.69, 9.17) is 21.1 Å². The van der Waals surface area contributed by atoms with E-state index in [1.165, 1.54) is 0 Å². The van der Waals surface area contributed by atoms with Crippen molar-refractivity contribution in [1.29, 1.82) is 0 Å². The Morgan fingerprint density at radius 1 is 0.867 bits per heavy atom. The summed E-state index contributed by atoms with van der Waals surface area (Å²) in [6.45, 7) is 3.99. The zero-order valence-electron chi connectivity index (χ0n) is 16.8. The van der Waals surface area contributed by atoms with E-state index in [0.29, 0.717) is 28.8 Å². The van der Waals surface area contributed by atoms with Crippen LogP contribution < -0.4 is 25.6 Å². The van der Waals surface area contributed by atoms with Crippen molar-refractivity contribution >= 4 is 35.0 Å². The van der Waals surface area contributed by atoms with Crippen LogP contribution in [-0.2, 0) is 14.4 Å². The summed E-state index contributed by atoms with van der Waals surface area (Å²) in [6.07, 6.45) is -0.115. The molecule has 0 aliphatic rings. The van der Waals surface area contributed by atoms with Gasteiger partial charge in [-0.25, -0.2) is 0 Å². The molecule has 0 aliphatic carbocycles. The average Bonchev–Trinajstić information content (AvgIpc) is 2.73. The molecule has 0 aromatic heterocycles. The number of aryl methyl sites for hydroxylation is 1. The van der Waals surface area contributed by atoms with E-state index >= 15 is 0 Å². The molecule has 2 aromatic rings. The first kappa shape index (κ1) is 23.0. The van der Waals surface area contributed by atoms with Crippen molar-refractivity contribution in [1.82, 2.24) is 10.9 Å². The number of halogens is 1. The molecule has 9 heteroatoms. The van der Waals surface area contributed by atoms with Crippen LogP contribution in [0.15, 0.2) is 42.5 Å². The lowest BCUT2D eigenvalue weighted by Gasteiger charge is -2.10. The first-order valence-electron chi connectivity index (χ1n) is 9.36. The lowest BCUT2D eigenvalue weighted by molar-refractivity contribution is -0.130. The molecule has 160 valence electrons. The van der Waals surface area contributed by atoms with Gasteiger partial charge in [-0.3, -0.25) is 25.2 Å². The van der Waals surface area contributed by atoms with Crippen molar-refractivity contribution in [2.45, 2.75) is 26.7 Å². The highest BCUT2D eigenvalue weighted by atomic mass is 35.5. The van der Waals surface area contributed by atoms with Crippen LogP contribution in [0.4, 0.5) is 5.69 Å². The zero-order chi connectivity index (χ0) is 21.9. The van der Waals surface area contributed by atoms with Crippen LogP contribution in [-0.4, -0.2) is 30.9 Å². The van der Waals surface area contributed by atoms with Gasteiger partial charge in [0.15, 0.2) is 6.61 Å². The van der Waals surface area contributed by atoms with Crippen molar-refractivity contribution in [3.63, 3.8) is 0 Å². The first-order chi connectivity index (χ1) is 14.4. The first-order valence-corrected chi connectivity index (χ1v) is 9.74. The number of hydrogen-bond donors (Lipinski definition) is 3. The monoisotopic (exact) mass is 433 g/mol. The number of ether oxygens (including phenoxy) is 2. The quantitative estimate of drug-likeness (QED) is 0.527. The number of nitrogens with one attached hydrogen (secondary N) is 3. The van der Waals surface area contributed by atoms with Crippen molar-refractivity contribution < 1.29 is 23.9 Å².